The van der Waals surface area contributed by atoms with E-state index >= 15 is 0 Å². The third-order valence-electron chi connectivity index (χ3n) is 5.50. The number of piperidine rings is 1. The predicted molar refractivity (Wildman–Crippen MR) is 125 cm³/mol. The molecule has 0 spiro atoms. The van der Waals surface area contributed by atoms with Gasteiger partial charge in [0.1, 0.15) is 0 Å². The molecule has 6 nitrogen and oxygen atoms in total. The summed E-state index contributed by atoms with van der Waals surface area (Å²) in [6, 6.07) is 13.1. The van der Waals surface area contributed by atoms with Gasteiger partial charge in [-0.1, -0.05) is 55.8 Å². The summed E-state index contributed by atoms with van der Waals surface area (Å²) in [7, 11) is 1.53. The molecule has 0 saturated carbocycles. The number of rotatable bonds is 8. The second-order valence-electron chi connectivity index (χ2n) is 8.46. The van der Waals surface area contributed by atoms with Crippen LogP contribution < -0.4 is 14.8 Å². The Hall–Kier alpha value is -2.73. The highest BCUT2D eigenvalue weighted by atomic mass is 35.5. The van der Waals surface area contributed by atoms with Crippen molar-refractivity contribution < 1.29 is 19.1 Å². The van der Waals surface area contributed by atoms with E-state index in [9.17, 15) is 9.59 Å². The summed E-state index contributed by atoms with van der Waals surface area (Å²) in [6.45, 7) is 6.15. The van der Waals surface area contributed by atoms with E-state index in [1.807, 2.05) is 44.2 Å². The zero-order valence-corrected chi connectivity index (χ0v) is 19.7. The van der Waals surface area contributed by atoms with Gasteiger partial charge in [0.2, 0.25) is 5.91 Å². The minimum atomic E-state index is -0.122. The van der Waals surface area contributed by atoms with E-state index in [0.29, 0.717) is 67.1 Å². The molecule has 1 fully saturated rings. The van der Waals surface area contributed by atoms with Crippen LogP contribution in [0.4, 0.5) is 0 Å². The van der Waals surface area contributed by atoms with Crippen molar-refractivity contribution >= 4 is 23.4 Å². The molecular weight excluding hydrogens is 428 g/mol. The molecule has 7 heteroatoms. The first kappa shape index (κ1) is 23.9. The first-order valence-electron chi connectivity index (χ1n) is 11.0. The van der Waals surface area contributed by atoms with E-state index in [-0.39, 0.29) is 17.7 Å². The molecule has 0 radical (unpaired) electrons. The quantitative estimate of drug-likeness (QED) is 0.630. The van der Waals surface area contributed by atoms with Crippen molar-refractivity contribution in [2.75, 3.05) is 26.8 Å². The summed E-state index contributed by atoms with van der Waals surface area (Å²) in [6.07, 6.45) is 1.26. The number of hydrogen-bond acceptors (Lipinski definition) is 4. The average molecular weight is 459 g/mol. The number of ether oxygens (including phenoxy) is 2. The third-order valence-corrected chi connectivity index (χ3v) is 5.78. The van der Waals surface area contributed by atoms with Crippen LogP contribution in [0.3, 0.4) is 0 Å². The maximum Gasteiger partial charge on any atom is 0.254 e. The summed E-state index contributed by atoms with van der Waals surface area (Å²) in [4.78, 5) is 27.4. The molecule has 0 bridgehead atoms. The van der Waals surface area contributed by atoms with Crippen molar-refractivity contribution in [1.82, 2.24) is 10.2 Å². The van der Waals surface area contributed by atoms with E-state index < -0.39 is 0 Å². The summed E-state index contributed by atoms with van der Waals surface area (Å²) in [5.74, 6) is 1.06. The van der Waals surface area contributed by atoms with Crippen molar-refractivity contribution in [3.63, 3.8) is 0 Å². The highest BCUT2D eigenvalue weighted by molar-refractivity contribution is 6.32. The Morgan fingerprint density at radius 1 is 1.16 bits per heavy atom. The molecule has 1 aliphatic rings. The normalized spacial score (nSPS) is 14.3. The monoisotopic (exact) mass is 458 g/mol. The lowest BCUT2D eigenvalue weighted by Crippen LogP contribution is -2.42. The van der Waals surface area contributed by atoms with E-state index in [1.54, 1.807) is 17.0 Å². The molecule has 3 rings (SSSR count). The van der Waals surface area contributed by atoms with Gasteiger partial charge in [0.25, 0.3) is 5.91 Å². The zero-order chi connectivity index (χ0) is 23.1. The lowest BCUT2D eigenvalue weighted by atomic mass is 9.95. The van der Waals surface area contributed by atoms with Crippen LogP contribution in [0.2, 0.25) is 5.02 Å². The van der Waals surface area contributed by atoms with Gasteiger partial charge >= 0.3 is 0 Å². The van der Waals surface area contributed by atoms with Gasteiger partial charge in [-0.25, -0.2) is 0 Å². The predicted octanol–water partition coefficient (Wildman–Crippen LogP) is 4.55. The summed E-state index contributed by atoms with van der Waals surface area (Å²) < 4.78 is 11.2. The standard InChI is InChI=1S/C25H31ClN2O4/c1-17(2)16-32-23-21(26)13-20(14-22(23)31-3)25(30)28-11-9-19(10-12-28)24(29)27-15-18-7-5-4-6-8-18/h4-8,13-14,17,19H,9-12,15-16H2,1-3H3,(H,27,29). The van der Waals surface area contributed by atoms with Crippen molar-refractivity contribution in [3.8, 4) is 11.5 Å². The molecule has 0 aliphatic carbocycles. The molecule has 1 saturated heterocycles. The van der Waals surface area contributed by atoms with E-state index in [2.05, 4.69) is 5.32 Å². The fourth-order valence-corrected chi connectivity index (χ4v) is 3.96. The molecule has 1 aliphatic heterocycles. The second kappa shape index (κ2) is 11.2. The maximum absolute atomic E-state index is 13.1. The molecule has 172 valence electrons. The molecular formula is C25H31ClN2O4. The second-order valence-corrected chi connectivity index (χ2v) is 8.87. The fourth-order valence-electron chi connectivity index (χ4n) is 3.69. The number of methoxy groups -OCH3 is 1. The molecule has 0 aromatic heterocycles. The highest BCUT2D eigenvalue weighted by Crippen LogP contribution is 2.37. The van der Waals surface area contributed by atoms with Gasteiger partial charge in [-0.15, -0.1) is 0 Å². The summed E-state index contributed by atoms with van der Waals surface area (Å²) in [5.41, 5.74) is 1.52. The van der Waals surface area contributed by atoms with Crippen LogP contribution in [-0.2, 0) is 11.3 Å². The fraction of sp³-hybridized carbons (Fsp3) is 0.440. The van der Waals surface area contributed by atoms with Crippen LogP contribution in [-0.4, -0.2) is 43.5 Å². The molecule has 2 amide bonds. The minimum Gasteiger partial charge on any atom is -0.493 e. The smallest absolute Gasteiger partial charge is 0.254 e. The number of likely N-dealkylation sites (tertiary alicyclic amines) is 1. The third kappa shape index (κ3) is 6.16. The average Bonchev–Trinajstić information content (AvgIpc) is 2.81. The number of carbonyl (C=O) groups excluding carboxylic acids is 2. The van der Waals surface area contributed by atoms with Gasteiger partial charge in [-0.2, -0.15) is 0 Å². The minimum absolute atomic E-state index is 0.0392. The Balaban J connectivity index is 1.57. The Labute approximate surface area is 194 Å². The SMILES string of the molecule is COc1cc(C(=O)N2CCC(C(=O)NCc3ccccc3)CC2)cc(Cl)c1OCC(C)C. The first-order valence-corrected chi connectivity index (χ1v) is 11.4. The van der Waals surface area contributed by atoms with E-state index in [4.69, 9.17) is 21.1 Å². The van der Waals surface area contributed by atoms with Gasteiger partial charge in [-0.3, -0.25) is 9.59 Å². The van der Waals surface area contributed by atoms with Crippen LogP contribution >= 0.6 is 11.6 Å². The largest absolute Gasteiger partial charge is 0.493 e. The van der Waals surface area contributed by atoms with Crippen LogP contribution in [0.1, 0.15) is 42.6 Å². The van der Waals surface area contributed by atoms with Gasteiger partial charge in [0.05, 0.1) is 18.7 Å². The summed E-state index contributed by atoms with van der Waals surface area (Å²) >= 11 is 6.40. The van der Waals surface area contributed by atoms with Gasteiger partial charge in [0.15, 0.2) is 11.5 Å². The molecule has 0 unspecified atom stereocenters. The zero-order valence-electron chi connectivity index (χ0n) is 18.9. The number of nitrogens with zero attached hydrogens (tertiary/aromatic N) is 1. The number of carbonyl (C=O) groups is 2. The Morgan fingerprint density at radius 3 is 2.47 bits per heavy atom. The summed E-state index contributed by atoms with van der Waals surface area (Å²) in [5, 5.41) is 3.35. The van der Waals surface area contributed by atoms with Crippen molar-refractivity contribution in [1.29, 1.82) is 0 Å². The molecule has 32 heavy (non-hydrogen) atoms. The van der Waals surface area contributed by atoms with Crippen molar-refractivity contribution in [3.05, 3.63) is 58.6 Å². The Bertz CT molecular complexity index is 925. The highest BCUT2D eigenvalue weighted by Gasteiger charge is 2.28. The number of amides is 2. The number of benzene rings is 2. The number of hydrogen-bond donors (Lipinski definition) is 1. The van der Waals surface area contributed by atoms with Gasteiger partial charge < -0.3 is 19.7 Å². The van der Waals surface area contributed by atoms with Gasteiger partial charge in [-0.05, 0) is 36.5 Å². The van der Waals surface area contributed by atoms with Crippen molar-refractivity contribution in [2.45, 2.75) is 33.2 Å². The van der Waals surface area contributed by atoms with Gasteiger partial charge in [0, 0.05) is 31.1 Å². The van der Waals surface area contributed by atoms with Crippen LogP contribution in [0.15, 0.2) is 42.5 Å². The molecule has 2 aromatic rings. The van der Waals surface area contributed by atoms with E-state index in [1.165, 1.54) is 7.11 Å². The molecule has 0 atom stereocenters. The van der Waals surface area contributed by atoms with Crippen LogP contribution in [0, 0.1) is 11.8 Å². The molecule has 1 heterocycles. The Kier molecular flexibility index (Phi) is 8.39. The van der Waals surface area contributed by atoms with Crippen LogP contribution in [0.5, 0.6) is 11.5 Å². The number of nitrogens with one attached hydrogen (secondary N) is 1. The lowest BCUT2D eigenvalue weighted by Gasteiger charge is -2.31. The maximum atomic E-state index is 13.1. The van der Waals surface area contributed by atoms with E-state index in [0.717, 1.165) is 5.56 Å². The first-order chi connectivity index (χ1) is 15.4. The Morgan fingerprint density at radius 2 is 1.84 bits per heavy atom. The van der Waals surface area contributed by atoms with Crippen LogP contribution in [0.25, 0.3) is 0 Å². The van der Waals surface area contributed by atoms with Crippen molar-refractivity contribution in [2.24, 2.45) is 11.8 Å². The topological polar surface area (TPSA) is 67.9 Å². The lowest BCUT2D eigenvalue weighted by molar-refractivity contribution is -0.126. The molecule has 2 aromatic carbocycles. The number of halogens is 1. The molecule has 1 N–H and O–H groups in total.